The van der Waals surface area contributed by atoms with Crippen molar-refractivity contribution < 1.29 is 18.4 Å². The Hall–Kier alpha value is -2.39. The molecule has 0 aliphatic carbocycles. The fourth-order valence-corrected chi connectivity index (χ4v) is 2.60. The minimum absolute atomic E-state index is 0.0166. The van der Waals surface area contributed by atoms with E-state index in [2.05, 4.69) is 9.71 Å². The number of hydrogen-bond acceptors (Lipinski definition) is 6. The van der Waals surface area contributed by atoms with Gasteiger partial charge in [0, 0.05) is 6.07 Å². The lowest BCUT2D eigenvalue weighted by molar-refractivity contribution is -0.389. The van der Waals surface area contributed by atoms with Crippen LogP contribution in [0.4, 0.5) is 11.5 Å². The number of nitrogens with zero attached hydrogens (tertiary/aromatic N) is 2. The second kappa shape index (κ2) is 5.54. The summed E-state index contributed by atoms with van der Waals surface area (Å²) in [6, 6.07) is 5.83. The maximum atomic E-state index is 12.1. The third-order valence-corrected chi connectivity index (χ3v) is 4.09. The van der Waals surface area contributed by atoms with Crippen LogP contribution in [0.1, 0.15) is 0 Å². The van der Waals surface area contributed by atoms with Crippen LogP contribution < -0.4 is 4.72 Å². The smallest absolute Gasteiger partial charge is 0.363 e. The van der Waals surface area contributed by atoms with Crippen LogP contribution in [0.15, 0.2) is 41.4 Å². The van der Waals surface area contributed by atoms with E-state index in [4.69, 9.17) is 11.6 Å². The Labute approximate surface area is 124 Å². The summed E-state index contributed by atoms with van der Waals surface area (Å²) in [5.74, 6) is -0.641. The zero-order valence-corrected chi connectivity index (χ0v) is 11.8. The fraction of sp³-hybridized carbons (Fsp3) is 0. The van der Waals surface area contributed by atoms with Gasteiger partial charge in [0.25, 0.3) is 10.0 Å². The Balaban J connectivity index is 2.29. The first-order valence-electron chi connectivity index (χ1n) is 5.41. The summed E-state index contributed by atoms with van der Waals surface area (Å²) in [7, 11) is -3.96. The molecule has 0 saturated carbocycles. The van der Waals surface area contributed by atoms with Gasteiger partial charge in [0.15, 0.2) is 6.20 Å². The maximum Gasteiger partial charge on any atom is 0.363 e. The van der Waals surface area contributed by atoms with Crippen LogP contribution >= 0.6 is 11.6 Å². The summed E-state index contributed by atoms with van der Waals surface area (Å²) < 4.78 is 26.3. The van der Waals surface area contributed by atoms with Crippen molar-refractivity contribution in [3.05, 3.63) is 51.7 Å². The van der Waals surface area contributed by atoms with Gasteiger partial charge in [-0.1, -0.05) is 11.6 Å². The zero-order chi connectivity index (χ0) is 15.6. The number of nitrogens with one attached hydrogen (secondary N) is 1. The number of aromatic nitrogens is 1. The Morgan fingerprint density at radius 3 is 2.52 bits per heavy atom. The highest BCUT2D eigenvalue weighted by atomic mass is 35.5. The van der Waals surface area contributed by atoms with Gasteiger partial charge in [-0.2, -0.15) is 0 Å². The molecule has 8 nitrogen and oxygen atoms in total. The van der Waals surface area contributed by atoms with Crippen LogP contribution in [0.2, 0.25) is 5.02 Å². The van der Waals surface area contributed by atoms with Crippen LogP contribution in [0.3, 0.4) is 0 Å². The van der Waals surface area contributed by atoms with Crippen molar-refractivity contribution >= 4 is 33.1 Å². The van der Waals surface area contributed by atoms with Crippen LogP contribution in [-0.2, 0) is 10.0 Å². The molecule has 0 aliphatic heterocycles. The van der Waals surface area contributed by atoms with Gasteiger partial charge in [-0.25, -0.2) is 8.42 Å². The molecule has 110 valence electrons. The highest BCUT2D eigenvalue weighted by Crippen LogP contribution is 2.27. The van der Waals surface area contributed by atoms with Gasteiger partial charge in [0.2, 0.25) is 0 Å². The molecule has 2 aromatic rings. The Bertz CT molecular complexity index is 792. The van der Waals surface area contributed by atoms with E-state index in [1.807, 2.05) is 0 Å². The number of benzene rings is 1. The lowest BCUT2D eigenvalue weighted by atomic mass is 10.3. The SMILES string of the molecule is O=[N+]([O-])c1ccc(S(=O)(=O)Nc2ccc(O)c(Cl)c2)cn1. The third kappa shape index (κ3) is 3.38. The average molecular weight is 330 g/mol. The van der Waals surface area contributed by atoms with E-state index >= 15 is 0 Å². The topological polar surface area (TPSA) is 122 Å². The zero-order valence-electron chi connectivity index (χ0n) is 10.2. The minimum atomic E-state index is -3.96. The molecule has 0 atom stereocenters. The number of aromatic hydroxyl groups is 1. The van der Waals surface area contributed by atoms with Crippen LogP contribution in [0.25, 0.3) is 0 Å². The average Bonchev–Trinajstić information content (AvgIpc) is 2.43. The predicted molar refractivity (Wildman–Crippen MR) is 74.8 cm³/mol. The Kier molecular flexibility index (Phi) is 3.96. The molecule has 2 N–H and O–H groups in total. The molecular formula is C11H8ClN3O5S. The van der Waals surface area contributed by atoms with Gasteiger partial charge in [0.05, 0.1) is 10.7 Å². The molecule has 10 heteroatoms. The van der Waals surface area contributed by atoms with Crippen molar-refractivity contribution in [3.63, 3.8) is 0 Å². The van der Waals surface area contributed by atoms with Crippen molar-refractivity contribution in [1.29, 1.82) is 0 Å². The van der Waals surface area contributed by atoms with Crippen molar-refractivity contribution in [1.82, 2.24) is 4.98 Å². The summed E-state index contributed by atoms with van der Waals surface area (Å²) in [4.78, 5) is 12.9. The molecule has 0 aliphatic rings. The number of hydrogen-bond donors (Lipinski definition) is 2. The molecule has 1 heterocycles. The van der Waals surface area contributed by atoms with Crippen LogP contribution in [0, 0.1) is 10.1 Å². The molecule has 0 fully saturated rings. The van der Waals surface area contributed by atoms with E-state index in [-0.39, 0.29) is 21.4 Å². The molecule has 0 unspecified atom stereocenters. The van der Waals surface area contributed by atoms with Gasteiger partial charge in [0.1, 0.15) is 10.6 Å². The molecule has 1 aromatic heterocycles. The first kappa shape index (κ1) is 15.0. The predicted octanol–water partition coefficient (Wildman–Crippen LogP) is 2.15. The number of nitro groups is 1. The summed E-state index contributed by atoms with van der Waals surface area (Å²) in [5.41, 5.74) is 0.135. The van der Waals surface area contributed by atoms with E-state index in [0.29, 0.717) is 0 Å². The quantitative estimate of drug-likeness (QED) is 0.503. The van der Waals surface area contributed by atoms with Gasteiger partial charge >= 0.3 is 5.82 Å². The molecule has 0 bridgehead atoms. The monoisotopic (exact) mass is 329 g/mol. The van der Waals surface area contributed by atoms with Gasteiger partial charge in [-0.05, 0) is 34.2 Å². The molecule has 21 heavy (non-hydrogen) atoms. The lowest BCUT2D eigenvalue weighted by Gasteiger charge is -2.07. The number of phenolic OH excluding ortho intramolecular Hbond substituents is 1. The number of rotatable bonds is 4. The Morgan fingerprint density at radius 1 is 1.29 bits per heavy atom. The Morgan fingerprint density at radius 2 is 2.00 bits per heavy atom. The highest BCUT2D eigenvalue weighted by Gasteiger charge is 2.18. The first-order chi connectivity index (χ1) is 9.79. The summed E-state index contributed by atoms with van der Waals surface area (Å²) in [6.07, 6.45) is 0.877. The molecule has 0 amide bonds. The van der Waals surface area contributed by atoms with Crippen molar-refractivity contribution in [2.45, 2.75) is 4.90 Å². The highest BCUT2D eigenvalue weighted by molar-refractivity contribution is 7.92. The molecular weight excluding hydrogens is 322 g/mol. The van der Waals surface area contributed by atoms with E-state index < -0.39 is 20.8 Å². The van der Waals surface area contributed by atoms with Crippen molar-refractivity contribution in [2.24, 2.45) is 0 Å². The maximum absolute atomic E-state index is 12.1. The van der Waals surface area contributed by atoms with E-state index in [0.717, 1.165) is 18.3 Å². The second-order valence-corrected chi connectivity index (χ2v) is 5.97. The van der Waals surface area contributed by atoms with E-state index in [9.17, 15) is 23.6 Å². The number of halogens is 1. The molecule has 0 spiro atoms. The van der Waals surface area contributed by atoms with Crippen LogP contribution in [-0.4, -0.2) is 23.4 Å². The molecule has 0 radical (unpaired) electrons. The number of sulfonamides is 1. The second-order valence-electron chi connectivity index (χ2n) is 3.88. The van der Waals surface area contributed by atoms with Crippen molar-refractivity contribution in [3.8, 4) is 5.75 Å². The van der Waals surface area contributed by atoms with E-state index in [1.165, 1.54) is 18.2 Å². The summed E-state index contributed by atoms with van der Waals surface area (Å²) in [6.45, 7) is 0. The first-order valence-corrected chi connectivity index (χ1v) is 7.27. The van der Waals surface area contributed by atoms with E-state index in [1.54, 1.807) is 0 Å². The van der Waals surface area contributed by atoms with Crippen molar-refractivity contribution in [2.75, 3.05) is 4.72 Å². The van der Waals surface area contributed by atoms with Gasteiger partial charge < -0.3 is 15.2 Å². The number of phenols is 1. The third-order valence-electron chi connectivity index (χ3n) is 2.42. The molecule has 1 aromatic carbocycles. The normalized spacial score (nSPS) is 11.1. The fourth-order valence-electron chi connectivity index (χ4n) is 1.42. The molecule has 0 saturated heterocycles. The summed E-state index contributed by atoms with van der Waals surface area (Å²) >= 11 is 5.67. The summed E-state index contributed by atoms with van der Waals surface area (Å²) in [5, 5.41) is 19.7. The standard InChI is InChI=1S/C11H8ClN3O5S/c12-9-5-7(1-3-10(9)16)14-21(19,20)8-2-4-11(13-6-8)15(17)18/h1-6,14,16H. The van der Waals surface area contributed by atoms with Gasteiger partial charge in [-0.15, -0.1) is 0 Å². The lowest BCUT2D eigenvalue weighted by Crippen LogP contribution is -2.13. The van der Waals surface area contributed by atoms with Gasteiger partial charge in [-0.3, -0.25) is 4.72 Å². The molecule has 2 rings (SSSR count). The number of pyridine rings is 1. The van der Waals surface area contributed by atoms with Crippen LogP contribution in [0.5, 0.6) is 5.75 Å². The number of anilines is 1. The largest absolute Gasteiger partial charge is 0.506 e. The minimum Gasteiger partial charge on any atom is -0.506 e.